The van der Waals surface area contributed by atoms with E-state index < -0.39 is 0 Å². The first-order chi connectivity index (χ1) is 12.1. The lowest BCUT2D eigenvalue weighted by atomic mass is 10.1. The van der Waals surface area contributed by atoms with E-state index in [0.717, 1.165) is 21.7 Å². The molecule has 25 heavy (non-hydrogen) atoms. The van der Waals surface area contributed by atoms with E-state index in [-0.39, 0.29) is 5.91 Å². The molecule has 3 heterocycles. The number of pyridine rings is 1. The van der Waals surface area contributed by atoms with Crippen molar-refractivity contribution in [2.24, 2.45) is 0 Å². The number of nitrogens with one attached hydrogen (secondary N) is 1. The molecule has 0 fully saturated rings. The summed E-state index contributed by atoms with van der Waals surface area (Å²) in [6.45, 7) is 5.41. The van der Waals surface area contributed by atoms with Gasteiger partial charge in [0.05, 0.1) is 10.4 Å². The fourth-order valence-corrected chi connectivity index (χ4v) is 4.02. The minimum Gasteiger partial charge on any atom is -0.350 e. The molecule has 0 spiro atoms. The van der Waals surface area contributed by atoms with E-state index in [0.29, 0.717) is 13.1 Å². The van der Waals surface area contributed by atoms with Crippen LogP contribution in [0.25, 0.3) is 21.9 Å². The first-order valence-corrected chi connectivity index (χ1v) is 9.20. The normalized spacial score (nSPS) is 11.3. The van der Waals surface area contributed by atoms with Crippen LogP contribution in [0.5, 0.6) is 0 Å². The number of nitrogens with zero attached hydrogens (tertiary/aromatic N) is 2. The summed E-state index contributed by atoms with van der Waals surface area (Å²) >= 11 is 1.46. The van der Waals surface area contributed by atoms with Gasteiger partial charge in [0.1, 0.15) is 5.65 Å². The lowest BCUT2D eigenvalue weighted by molar-refractivity contribution is 0.0956. The number of benzene rings is 1. The van der Waals surface area contributed by atoms with Gasteiger partial charge >= 0.3 is 0 Å². The smallest absolute Gasteiger partial charge is 0.261 e. The Morgan fingerprint density at radius 1 is 1.20 bits per heavy atom. The van der Waals surface area contributed by atoms with Gasteiger partial charge < -0.3 is 9.88 Å². The maximum absolute atomic E-state index is 12.1. The largest absolute Gasteiger partial charge is 0.350 e. The number of rotatable bonds is 4. The highest BCUT2D eigenvalue weighted by Crippen LogP contribution is 2.30. The Labute approximate surface area is 150 Å². The molecule has 0 aliphatic rings. The Bertz CT molecular complexity index is 1060. The molecule has 3 aromatic heterocycles. The Kier molecular flexibility index (Phi) is 4.01. The van der Waals surface area contributed by atoms with Crippen LogP contribution < -0.4 is 5.32 Å². The quantitative estimate of drug-likeness (QED) is 0.597. The topological polar surface area (TPSA) is 46.9 Å². The Morgan fingerprint density at radius 3 is 2.84 bits per heavy atom. The average molecular weight is 349 g/mol. The summed E-state index contributed by atoms with van der Waals surface area (Å²) in [6.07, 6.45) is 0. The van der Waals surface area contributed by atoms with Gasteiger partial charge in [-0.1, -0.05) is 24.3 Å². The standard InChI is InChI=1S/C20H19N3OS/c1-13-12-14(2)22-19-18(13)15-6-3-4-7-16(15)23(19)10-9-21-20(24)17-8-5-11-25-17/h3-8,11-12H,9-10H2,1-2H3,(H,21,24). The first kappa shape index (κ1) is 15.8. The van der Waals surface area contributed by atoms with Crippen molar-refractivity contribution in [3.05, 3.63) is 64.0 Å². The van der Waals surface area contributed by atoms with Gasteiger partial charge in [0.15, 0.2) is 0 Å². The number of para-hydroxylation sites is 1. The maximum atomic E-state index is 12.1. The predicted molar refractivity (Wildman–Crippen MR) is 103 cm³/mol. The molecule has 0 radical (unpaired) electrons. The van der Waals surface area contributed by atoms with E-state index in [9.17, 15) is 4.79 Å². The summed E-state index contributed by atoms with van der Waals surface area (Å²) in [5, 5.41) is 7.33. The highest BCUT2D eigenvalue weighted by molar-refractivity contribution is 7.12. The van der Waals surface area contributed by atoms with Crippen molar-refractivity contribution < 1.29 is 4.79 Å². The van der Waals surface area contributed by atoms with Crippen LogP contribution in [0.15, 0.2) is 47.8 Å². The van der Waals surface area contributed by atoms with Crippen molar-refractivity contribution in [3.63, 3.8) is 0 Å². The van der Waals surface area contributed by atoms with Crippen molar-refractivity contribution in [1.82, 2.24) is 14.9 Å². The van der Waals surface area contributed by atoms with Gasteiger partial charge in [-0.05, 0) is 43.0 Å². The maximum Gasteiger partial charge on any atom is 0.261 e. The number of fused-ring (bicyclic) bond motifs is 3. The molecule has 126 valence electrons. The summed E-state index contributed by atoms with van der Waals surface area (Å²) in [5.74, 6) is -0.0175. The first-order valence-electron chi connectivity index (χ1n) is 8.32. The van der Waals surface area contributed by atoms with Gasteiger partial charge in [-0.3, -0.25) is 4.79 Å². The van der Waals surface area contributed by atoms with Crippen molar-refractivity contribution in [2.45, 2.75) is 20.4 Å². The van der Waals surface area contributed by atoms with Crippen molar-refractivity contribution in [2.75, 3.05) is 6.54 Å². The van der Waals surface area contributed by atoms with Crippen LogP contribution >= 0.6 is 11.3 Å². The SMILES string of the molecule is Cc1cc(C)c2c3ccccc3n(CCNC(=O)c3cccs3)c2n1. The predicted octanol–water partition coefficient (Wildman–Crippen LogP) is 4.30. The van der Waals surface area contributed by atoms with E-state index in [4.69, 9.17) is 4.98 Å². The molecule has 4 nitrogen and oxygen atoms in total. The van der Waals surface area contributed by atoms with Gasteiger partial charge in [0, 0.05) is 29.6 Å². The molecule has 0 bridgehead atoms. The molecule has 4 aromatic rings. The highest BCUT2D eigenvalue weighted by Gasteiger charge is 2.14. The molecule has 1 N–H and O–H groups in total. The summed E-state index contributed by atoms with van der Waals surface area (Å²) in [4.78, 5) is 17.7. The van der Waals surface area contributed by atoms with Crippen molar-refractivity contribution >= 4 is 39.2 Å². The van der Waals surface area contributed by atoms with Crippen LogP contribution in [-0.4, -0.2) is 22.0 Å². The number of amides is 1. The number of thiophene rings is 1. The Morgan fingerprint density at radius 2 is 2.04 bits per heavy atom. The monoisotopic (exact) mass is 349 g/mol. The van der Waals surface area contributed by atoms with Gasteiger partial charge in [0.25, 0.3) is 5.91 Å². The highest BCUT2D eigenvalue weighted by atomic mass is 32.1. The summed E-state index contributed by atoms with van der Waals surface area (Å²) in [6, 6.07) is 14.2. The zero-order chi connectivity index (χ0) is 17.4. The summed E-state index contributed by atoms with van der Waals surface area (Å²) in [7, 11) is 0. The summed E-state index contributed by atoms with van der Waals surface area (Å²) < 4.78 is 2.21. The molecule has 0 unspecified atom stereocenters. The van der Waals surface area contributed by atoms with Crippen LogP contribution in [0.4, 0.5) is 0 Å². The van der Waals surface area contributed by atoms with Crippen LogP contribution in [0.3, 0.4) is 0 Å². The van der Waals surface area contributed by atoms with Gasteiger partial charge in [-0.2, -0.15) is 0 Å². The Balaban J connectivity index is 1.69. The number of hydrogen-bond donors (Lipinski definition) is 1. The fourth-order valence-electron chi connectivity index (χ4n) is 3.38. The van der Waals surface area contributed by atoms with Crippen LogP contribution in [0, 0.1) is 13.8 Å². The van der Waals surface area contributed by atoms with E-state index in [1.807, 2.05) is 30.5 Å². The molecule has 0 atom stereocenters. The van der Waals surface area contributed by atoms with Gasteiger partial charge in [-0.25, -0.2) is 4.98 Å². The number of carbonyl (C=O) groups is 1. The lowest BCUT2D eigenvalue weighted by Crippen LogP contribution is -2.26. The van der Waals surface area contributed by atoms with Crippen molar-refractivity contribution in [1.29, 1.82) is 0 Å². The fraction of sp³-hybridized carbons (Fsp3) is 0.200. The molecule has 0 saturated heterocycles. The minimum atomic E-state index is -0.0175. The number of carbonyl (C=O) groups excluding carboxylic acids is 1. The zero-order valence-corrected chi connectivity index (χ0v) is 15.1. The Hall–Kier alpha value is -2.66. The van der Waals surface area contributed by atoms with Gasteiger partial charge in [0.2, 0.25) is 0 Å². The van der Waals surface area contributed by atoms with E-state index in [1.54, 1.807) is 0 Å². The second-order valence-electron chi connectivity index (χ2n) is 6.18. The molecule has 1 amide bonds. The van der Waals surface area contributed by atoms with Crippen molar-refractivity contribution in [3.8, 4) is 0 Å². The molecule has 0 aliphatic heterocycles. The molecular weight excluding hydrogens is 330 g/mol. The minimum absolute atomic E-state index is 0.0175. The number of aryl methyl sites for hydroxylation is 2. The summed E-state index contributed by atoms with van der Waals surface area (Å²) in [5.41, 5.74) is 4.39. The second kappa shape index (κ2) is 6.33. The van der Waals surface area contributed by atoms with Crippen LogP contribution in [-0.2, 0) is 6.54 Å². The molecule has 0 aliphatic carbocycles. The molecule has 0 saturated carbocycles. The molecule has 4 rings (SSSR count). The van der Waals surface area contributed by atoms with Crippen LogP contribution in [0.2, 0.25) is 0 Å². The van der Waals surface area contributed by atoms with Crippen LogP contribution in [0.1, 0.15) is 20.9 Å². The number of aromatic nitrogens is 2. The molecular formula is C20H19N3OS. The lowest BCUT2D eigenvalue weighted by Gasteiger charge is -2.09. The van der Waals surface area contributed by atoms with Gasteiger partial charge in [-0.15, -0.1) is 11.3 Å². The third-order valence-corrected chi connectivity index (χ3v) is 5.28. The number of hydrogen-bond acceptors (Lipinski definition) is 3. The van der Waals surface area contributed by atoms with E-state index in [2.05, 4.69) is 41.1 Å². The molecule has 5 heteroatoms. The third kappa shape index (κ3) is 2.81. The average Bonchev–Trinajstić information content (AvgIpc) is 3.22. The third-order valence-electron chi connectivity index (χ3n) is 4.41. The molecule has 1 aromatic carbocycles. The van der Waals surface area contributed by atoms with E-state index >= 15 is 0 Å². The van der Waals surface area contributed by atoms with E-state index in [1.165, 1.54) is 27.7 Å². The second-order valence-corrected chi connectivity index (χ2v) is 7.13. The zero-order valence-electron chi connectivity index (χ0n) is 14.2.